The Labute approximate surface area is 206 Å². The number of rotatable bonds is 6. The summed E-state index contributed by atoms with van der Waals surface area (Å²) in [5.74, 6) is -0.0726. The smallest absolute Gasteiger partial charge is 0.322 e. The zero-order chi connectivity index (χ0) is 24.6. The van der Waals surface area contributed by atoms with Crippen molar-refractivity contribution in [2.75, 3.05) is 44.6 Å². The molecule has 3 atom stereocenters. The van der Waals surface area contributed by atoms with Crippen molar-refractivity contribution in [2.45, 2.75) is 50.8 Å². The van der Waals surface area contributed by atoms with E-state index in [4.69, 9.17) is 0 Å². The van der Waals surface area contributed by atoms with Gasteiger partial charge >= 0.3 is 6.03 Å². The Kier molecular flexibility index (Phi) is 6.70. The SMILES string of the molecule is C[C@H]1C(=O)N(CC[C@@H](CO)N2CCC3(CC3)[C@H](O)C2)CCN1C(=O)Nc1cccc2ccccc12. The van der Waals surface area contributed by atoms with Crippen molar-refractivity contribution >= 4 is 28.4 Å². The number of hydrogen-bond acceptors (Lipinski definition) is 5. The third kappa shape index (κ3) is 4.75. The van der Waals surface area contributed by atoms with Gasteiger partial charge in [0.15, 0.2) is 0 Å². The van der Waals surface area contributed by atoms with Gasteiger partial charge in [-0.2, -0.15) is 0 Å². The Morgan fingerprint density at radius 2 is 1.89 bits per heavy atom. The molecule has 2 aromatic rings. The van der Waals surface area contributed by atoms with E-state index in [1.165, 1.54) is 0 Å². The van der Waals surface area contributed by atoms with E-state index in [-0.39, 0.29) is 36.1 Å². The number of amides is 3. The van der Waals surface area contributed by atoms with Gasteiger partial charge in [-0.3, -0.25) is 9.69 Å². The second-order valence-corrected chi connectivity index (χ2v) is 10.4. The first-order valence-corrected chi connectivity index (χ1v) is 12.8. The minimum Gasteiger partial charge on any atom is -0.395 e. The number of nitrogens with zero attached hydrogens (tertiary/aromatic N) is 3. The maximum Gasteiger partial charge on any atom is 0.322 e. The van der Waals surface area contributed by atoms with Crippen molar-refractivity contribution in [1.29, 1.82) is 0 Å². The largest absolute Gasteiger partial charge is 0.395 e. The number of carbonyl (C=O) groups is 2. The molecule has 3 amide bonds. The second kappa shape index (κ2) is 9.76. The summed E-state index contributed by atoms with van der Waals surface area (Å²) in [4.78, 5) is 31.8. The van der Waals surface area contributed by atoms with E-state index >= 15 is 0 Å². The van der Waals surface area contributed by atoms with Crippen LogP contribution < -0.4 is 5.32 Å². The first-order chi connectivity index (χ1) is 16.9. The van der Waals surface area contributed by atoms with Crippen LogP contribution in [0.15, 0.2) is 42.5 Å². The highest BCUT2D eigenvalue weighted by atomic mass is 16.3. The van der Waals surface area contributed by atoms with Gasteiger partial charge in [0.05, 0.1) is 18.4 Å². The molecule has 3 aliphatic rings. The van der Waals surface area contributed by atoms with Crippen molar-refractivity contribution < 1.29 is 19.8 Å². The van der Waals surface area contributed by atoms with Gasteiger partial charge in [-0.15, -0.1) is 0 Å². The Hall–Kier alpha value is -2.68. The van der Waals surface area contributed by atoms with E-state index in [9.17, 15) is 19.8 Å². The first-order valence-electron chi connectivity index (χ1n) is 12.8. The quantitative estimate of drug-likeness (QED) is 0.591. The van der Waals surface area contributed by atoms with Crippen molar-refractivity contribution in [3.63, 3.8) is 0 Å². The lowest BCUT2D eigenvalue weighted by atomic mass is 9.89. The highest BCUT2D eigenvalue weighted by Crippen LogP contribution is 2.53. The van der Waals surface area contributed by atoms with Crippen LogP contribution in [0.2, 0.25) is 0 Å². The first kappa shape index (κ1) is 24.0. The monoisotopic (exact) mass is 480 g/mol. The molecule has 2 saturated heterocycles. The molecule has 5 rings (SSSR count). The van der Waals surface area contributed by atoms with Gasteiger partial charge in [0.1, 0.15) is 6.04 Å². The molecule has 1 spiro atoms. The van der Waals surface area contributed by atoms with Crippen molar-refractivity contribution in [3.8, 4) is 0 Å². The molecule has 0 bridgehead atoms. The molecule has 1 aliphatic carbocycles. The molecule has 188 valence electrons. The van der Waals surface area contributed by atoms with E-state index in [2.05, 4.69) is 10.2 Å². The average Bonchev–Trinajstić information content (AvgIpc) is 3.65. The third-order valence-corrected chi connectivity index (χ3v) is 8.40. The molecule has 1 saturated carbocycles. The van der Waals surface area contributed by atoms with E-state index in [1.807, 2.05) is 42.5 Å². The molecule has 35 heavy (non-hydrogen) atoms. The van der Waals surface area contributed by atoms with Crippen LogP contribution in [-0.4, -0.2) is 94.4 Å². The van der Waals surface area contributed by atoms with Crippen LogP contribution in [0.5, 0.6) is 0 Å². The van der Waals surface area contributed by atoms with Gasteiger partial charge in [0, 0.05) is 37.6 Å². The molecule has 0 unspecified atom stereocenters. The average molecular weight is 481 g/mol. The molecule has 0 radical (unpaired) electrons. The molecule has 8 nitrogen and oxygen atoms in total. The summed E-state index contributed by atoms with van der Waals surface area (Å²) in [6.45, 7) is 4.72. The fourth-order valence-electron chi connectivity index (χ4n) is 5.76. The molecule has 2 aliphatic heterocycles. The maximum absolute atomic E-state index is 13.1. The number of aliphatic hydroxyl groups excluding tert-OH is 2. The summed E-state index contributed by atoms with van der Waals surface area (Å²) in [6.07, 6.45) is 3.52. The van der Waals surface area contributed by atoms with E-state index < -0.39 is 6.04 Å². The van der Waals surface area contributed by atoms with Gasteiger partial charge in [-0.1, -0.05) is 36.4 Å². The third-order valence-electron chi connectivity index (χ3n) is 8.40. The number of hydrogen-bond donors (Lipinski definition) is 3. The summed E-state index contributed by atoms with van der Waals surface area (Å²) in [5.41, 5.74) is 0.864. The number of aliphatic hydroxyl groups is 2. The highest BCUT2D eigenvalue weighted by molar-refractivity contribution is 6.02. The molecule has 0 aromatic heterocycles. The van der Waals surface area contributed by atoms with Crippen LogP contribution in [0.25, 0.3) is 10.8 Å². The Balaban J connectivity index is 1.16. The number of fused-ring (bicyclic) bond motifs is 1. The standard InChI is InChI=1S/C27H36N4O4/c1-19-25(34)29(13-9-21(18-32)30-14-12-27(10-11-27)24(33)17-30)15-16-31(19)26(35)28-23-8-4-6-20-5-2-3-7-22(20)23/h2-8,19,21,24,32-33H,9-18H2,1H3,(H,28,35)/t19-,21-,24+/m0/s1. The van der Waals surface area contributed by atoms with Crippen LogP contribution >= 0.6 is 0 Å². The topological polar surface area (TPSA) is 96.3 Å². The van der Waals surface area contributed by atoms with E-state index in [1.54, 1.807) is 16.7 Å². The van der Waals surface area contributed by atoms with Crippen LogP contribution in [0.4, 0.5) is 10.5 Å². The minimum absolute atomic E-state index is 0.0108. The summed E-state index contributed by atoms with van der Waals surface area (Å²) in [5, 5.41) is 25.5. The lowest BCUT2D eigenvalue weighted by molar-refractivity contribution is -0.139. The van der Waals surface area contributed by atoms with Crippen LogP contribution in [0, 0.1) is 5.41 Å². The summed E-state index contributed by atoms with van der Waals surface area (Å²) in [7, 11) is 0. The lowest BCUT2D eigenvalue weighted by Crippen LogP contribution is -2.59. The zero-order valence-electron chi connectivity index (χ0n) is 20.4. The van der Waals surface area contributed by atoms with Crippen molar-refractivity contribution in [1.82, 2.24) is 14.7 Å². The molecular formula is C27H36N4O4. The molecule has 2 aromatic carbocycles. The zero-order valence-corrected chi connectivity index (χ0v) is 20.4. The van der Waals surface area contributed by atoms with Gasteiger partial charge in [0.25, 0.3) is 0 Å². The number of piperidine rings is 1. The molecule has 3 fully saturated rings. The molecule has 8 heteroatoms. The second-order valence-electron chi connectivity index (χ2n) is 10.4. The summed E-state index contributed by atoms with van der Waals surface area (Å²) < 4.78 is 0. The maximum atomic E-state index is 13.1. The van der Waals surface area contributed by atoms with Gasteiger partial charge < -0.3 is 25.3 Å². The summed E-state index contributed by atoms with van der Waals surface area (Å²) >= 11 is 0. The molecule has 3 N–H and O–H groups in total. The summed E-state index contributed by atoms with van der Waals surface area (Å²) in [6, 6.07) is 12.8. The van der Waals surface area contributed by atoms with E-state index in [0.29, 0.717) is 32.6 Å². The normalized spacial score (nSPS) is 25.2. The fourth-order valence-corrected chi connectivity index (χ4v) is 5.76. The number of urea groups is 1. The predicted molar refractivity (Wildman–Crippen MR) is 135 cm³/mol. The molecular weight excluding hydrogens is 444 g/mol. The Morgan fingerprint density at radius 1 is 1.11 bits per heavy atom. The van der Waals surface area contributed by atoms with Crippen LogP contribution in [0.1, 0.15) is 32.6 Å². The molecule has 2 heterocycles. The van der Waals surface area contributed by atoms with Gasteiger partial charge in [-0.25, -0.2) is 4.79 Å². The predicted octanol–water partition coefficient (Wildman–Crippen LogP) is 2.50. The number of nitrogens with one attached hydrogen (secondary N) is 1. The van der Waals surface area contributed by atoms with Crippen molar-refractivity contribution in [3.05, 3.63) is 42.5 Å². The number of likely N-dealkylation sites (tertiary alicyclic amines) is 1. The minimum atomic E-state index is -0.558. The van der Waals surface area contributed by atoms with Gasteiger partial charge in [0.2, 0.25) is 5.91 Å². The van der Waals surface area contributed by atoms with Crippen molar-refractivity contribution in [2.24, 2.45) is 5.41 Å². The Bertz CT molecular complexity index is 1080. The van der Waals surface area contributed by atoms with Crippen LogP contribution in [0.3, 0.4) is 0 Å². The van der Waals surface area contributed by atoms with Crippen LogP contribution in [-0.2, 0) is 4.79 Å². The fraction of sp³-hybridized carbons (Fsp3) is 0.556. The number of carbonyl (C=O) groups excluding carboxylic acids is 2. The number of benzene rings is 2. The lowest BCUT2D eigenvalue weighted by Gasteiger charge is -2.42. The Morgan fingerprint density at radius 3 is 2.63 bits per heavy atom. The highest BCUT2D eigenvalue weighted by Gasteiger charge is 2.51. The number of β-amino-alcohol motifs (C(OH)–C–C–N with tert-alkyl or cyclic N) is 1. The number of anilines is 1. The van der Waals surface area contributed by atoms with E-state index in [0.717, 1.165) is 42.3 Å². The van der Waals surface area contributed by atoms with Gasteiger partial charge in [-0.05, 0) is 56.0 Å². The number of piperazine rings is 1.